The second-order valence-corrected chi connectivity index (χ2v) is 5.18. The predicted octanol–water partition coefficient (Wildman–Crippen LogP) is 3.33. The quantitative estimate of drug-likeness (QED) is 0.683. The summed E-state index contributed by atoms with van der Waals surface area (Å²) in [7, 11) is 0. The van der Waals surface area contributed by atoms with Gasteiger partial charge in [-0.15, -0.1) is 0 Å². The standard InChI is InChI=1S/C16H22O5/c1-3-5-11(15(18)19)10-7-8-14(17)13(9-10)12(6-4-2)16(20)21/h7-9,11-12,17H,3-6H2,1-2H3,(H,18,19)(H,20,21). The van der Waals surface area contributed by atoms with Crippen LogP contribution in [0.25, 0.3) is 0 Å². The summed E-state index contributed by atoms with van der Waals surface area (Å²) in [5, 5.41) is 28.5. The highest BCUT2D eigenvalue weighted by Gasteiger charge is 2.25. The summed E-state index contributed by atoms with van der Waals surface area (Å²) in [6.45, 7) is 3.77. The molecule has 0 bridgehead atoms. The van der Waals surface area contributed by atoms with Crippen LogP contribution in [0.1, 0.15) is 62.5 Å². The van der Waals surface area contributed by atoms with Crippen molar-refractivity contribution in [2.24, 2.45) is 0 Å². The van der Waals surface area contributed by atoms with E-state index in [9.17, 15) is 24.9 Å². The van der Waals surface area contributed by atoms with Crippen molar-refractivity contribution in [1.82, 2.24) is 0 Å². The van der Waals surface area contributed by atoms with Crippen LogP contribution >= 0.6 is 0 Å². The number of carboxylic acid groups (broad SMARTS) is 2. The van der Waals surface area contributed by atoms with Gasteiger partial charge in [0.1, 0.15) is 5.75 Å². The maximum atomic E-state index is 11.4. The fraction of sp³-hybridized carbons (Fsp3) is 0.500. The molecule has 0 radical (unpaired) electrons. The molecule has 0 saturated heterocycles. The minimum atomic E-state index is -1.01. The first kappa shape index (κ1) is 17.0. The van der Waals surface area contributed by atoms with Gasteiger partial charge in [-0.2, -0.15) is 0 Å². The van der Waals surface area contributed by atoms with Gasteiger partial charge in [0.15, 0.2) is 0 Å². The van der Waals surface area contributed by atoms with Crippen molar-refractivity contribution in [2.45, 2.75) is 51.4 Å². The van der Waals surface area contributed by atoms with Crippen LogP contribution in [-0.2, 0) is 9.59 Å². The number of hydrogen-bond acceptors (Lipinski definition) is 3. The normalized spacial score (nSPS) is 13.6. The predicted molar refractivity (Wildman–Crippen MR) is 78.7 cm³/mol. The lowest BCUT2D eigenvalue weighted by Crippen LogP contribution is -2.15. The molecule has 5 heteroatoms. The molecule has 0 saturated carbocycles. The highest BCUT2D eigenvalue weighted by molar-refractivity contribution is 5.79. The lowest BCUT2D eigenvalue weighted by atomic mass is 9.88. The van der Waals surface area contributed by atoms with E-state index in [-0.39, 0.29) is 5.75 Å². The maximum absolute atomic E-state index is 11.4. The molecule has 3 N–H and O–H groups in total. The molecule has 0 fully saturated rings. The minimum absolute atomic E-state index is 0.0970. The van der Waals surface area contributed by atoms with Gasteiger partial charge in [-0.1, -0.05) is 38.8 Å². The van der Waals surface area contributed by atoms with Gasteiger partial charge in [-0.25, -0.2) is 0 Å². The first-order chi connectivity index (χ1) is 9.92. The van der Waals surface area contributed by atoms with E-state index in [2.05, 4.69) is 0 Å². The van der Waals surface area contributed by atoms with Gasteiger partial charge in [-0.3, -0.25) is 9.59 Å². The minimum Gasteiger partial charge on any atom is -0.508 e. The lowest BCUT2D eigenvalue weighted by Gasteiger charge is -2.17. The van der Waals surface area contributed by atoms with E-state index in [1.165, 1.54) is 12.1 Å². The van der Waals surface area contributed by atoms with E-state index in [0.717, 1.165) is 0 Å². The maximum Gasteiger partial charge on any atom is 0.311 e. The molecule has 0 aliphatic carbocycles. The van der Waals surface area contributed by atoms with Gasteiger partial charge in [0.05, 0.1) is 11.8 Å². The Morgan fingerprint density at radius 2 is 1.52 bits per heavy atom. The first-order valence-corrected chi connectivity index (χ1v) is 7.20. The van der Waals surface area contributed by atoms with Crippen LogP contribution in [0, 0.1) is 0 Å². The van der Waals surface area contributed by atoms with E-state index in [1.807, 2.05) is 13.8 Å². The Bertz CT molecular complexity index is 509. The van der Waals surface area contributed by atoms with Gasteiger partial charge in [0, 0.05) is 5.56 Å². The molecule has 1 aromatic rings. The van der Waals surface area contributed by atoms with Crippen molar-refractivity contribution in [3.05, 3.63) is 29.3 Å². The van der Waals surface area contributed by atoms with E-state index in [1.54, 1.807) is 6.07 Å². The number of carboxylic acids is 2. The molecule has 1 rings (SSSR count). The van der Waals surface area contributed by atoms with Crippen LogP contribution in [0.2, 0.25) is 0 Å². The lowest BCUT2D eigenvalue weighted by molar-refractivity contribution is -0.139. The number of phenolic OH excluding ortho intramolecular Hbond substituents is 1. The van der Waals surface area contributed by atoms with Crippen LogP contribution in [0.5, 0.6) is 5.75 Å². The summed E-state index contributed by atoms with van der Waals surface area (Å²) in [4.78, 5) is 22.7. The SMILES string of the molecule is CCCC(C(=O)O)c1ccc(O)c(C(CCC)C(=O)O)c1. The summed E-state index contributed by atoms with van der Waals surface area (Å²) in [5.74, 6) is -3.53. The number of carbonyl (C=O) groups is 2. The molecular formula is C16H22O5. The zero-order valence-corrected chi connectivity index (χ0v) is 12.4. The fourth-order valence-corrected chi connectivity index (χ4v) is 2.49. The molecule has 21 heavy (non-hydrogen) atoms. The second-order valence-electron chi connectivity index (χ2n) is 5.18. The van der Waals surface area contributed by atoms with Crippen molar-refractivity contribution in [3.8, 4) is 5.75 Å². The summed E-state index contributed by atoms with van der Waals surface area (Å²) in [6, 6.07) is 4.47. The summed E-state index contributed by atoms with van der Waals surface area (Å²) in [6.07, 6.45) is 2.26. The van der Waals surface area contributed by atoms with Crippen LogP contribution in [0.3, 0.4) is 0 Å². The largest absolute Gasteiger partial charge is 0.508 e. The van der Waals surface area contributed by atoms with Gasteiger partial charge in [0.25, 0.3) is 0 Å². The van der Waals surface area contributed by atoms with Crippen molar-refractivity contribution >= 4 is 11.9 Å². The summed E-state index contributed by atoms with van der Waals surface area (Å²) >= 11 is 0. The molecule has 1 aromatic carbocycles. The van der Waals surface area contributed by atoms with E-state index >= 15 is 0 Å². The monoisotopic (exact) mass is 294 g/mol. The molecular weight excluding hydrogens is 272 g/mol. The molecule has 0 spiro atoms. The Balaban J connectivity index is 3.24. The summed E-state index contributed by atoms with van der Waals surface area (Å²) in [5.41, 5.74) is 0.837. The molecule has 0 aliphatic heterocycles. The molecule has 0 heterocycles. The van der Waals surface area contributed by atoms with Gasteiger partial charge in [0.2, 0.25) is 0 Å². The van der Waals surface area contributed by atoms with Crippen molar-refractivity contribution in [2.75, 3.05) is 0 Å². The van der Waals surface area contributed by atoms with E-state index < -0.39 is 23.8 Å². The Labute approximate surface area is 124 Å². The smallest absolute Gasteiger partial charge is 0.311 e. The molecule has 5 nitrogen and oxygen atoms in total. The topological polar surface area (TPSA) is 94.8 Å². The third-order valence-corrected chi connectivity index (χ3v) is 3.58. The zero-order chi connectivity index (χ0) is 16.0. The molecule has 2 atom stereocenters. The van der Waals surface area contributed by atoms with Gasteiger partial charge in [-0.05, 0) is 24.5 Å². The molecule has 0 amide bonds. The number of rotatable bonds is 8. The van der Waals surface area contributed by atoms with Crippen LogP contribution < -0.4 is 0 Å². The van der Waals surface area contributed by atoms with Gasteiger partial charge >= 0.3 is 11.9 Å². The molecule has 116 valence electrons. The van der Waals surface area contributed by atoms with Crippen LogP contribution in [-0.4, -0.2) is 27.3 Å². The van der Waals surface area contributed by atoms with Crippen LogP contribution in [0.15, 0.2) is 18.2 Å². The van der Waals surface area contributed by atoms with Gasteiger partial charge < -0.3 is 15.3 Å². The third-order valence-electron chi connectivity index (χ3n) is 3.58. The fourth-order valence-electron chi connectivity index (χ4n) is 2.49. The third kappa shape index (κ3) is 4.21. The summed E-state index contributed by atoms with van der Waals surface area (Å²) < 4.78 is 0. The Morgan fingerprint density at radius 3 is 2.00 bits per heavy atom. The number of aliphatic carboxylic acids is 2. The number of aromatic hydroxyl groups is 1. The zero-order valence-electron chi connectivity index (χ0n) is 12.4. The van der Waals surface area contributed by atoms with E-state index in [0.29, 0.717) is 36.8 Å². The van der Waals surface area contributed by atoms with Crippen molar-refractivity contribution < 1.29 is 24.9 Å². The highest BCUT2D eigenvalue weighted by atomic mass is 16.4. The Hall–Kier alpha value is -2.04. The molecule has 0 aliphatic rings. The highest BCUT2D eigenvalue weighted by Crippen LogP contribution is 2.33. The Kier molecular flexibility index (Phi) is 6.21. The first-order valence-electron chi connectivity index (χ1n) is 7.20. The number of phenols is 1. The number of hydrogen-bond donors (Lipinski definition) is 3. The van der Waals surface area contributed by atoms with Crippen molar-refractivity contribution in [3.63, 3.8) is 0 Å². The van der Waals surface area contributed by atoms with Crippen LogP contribution in [0.4, 0.5) is 0 Å². The molecule has 0 aromatic heterocycles. The molecule has 2 unspecified atom stereocenters. The van der Waals surface area contributed by atoms with Crippen molar-refractivity contribution in [1.29, 1.82) is 0 Å². The second kappa shape index (κ2) is 7.67. The van der Waals surface area contributed by atoms with E-state index in [4.69, 9.17) is 0 Å². The average molecular weight is 294 g/mol. The Morgan fingerprint density at radius 1 is 1.00 bits per heavy atom. The number of benzene rings is 1. The average Bonchev–Trinajstić information content (AvgIpc) is 2.43.